The van der Waals surface area contributed by atoms with Crippen molar-refractivity contribution in [3.8, 4) is 0 Å². The fourth-order valence-corrected chi connectivity index (χ4v) is 1.09. The zero-order valence-corrected chi connectivity index (χ0v) is 9.86. The molecule has 2 unspecified atom stereocenters. The highest BCUT2D eigenvalue weighted by molar-refractivity contribution is 4.89. The first-order valence-electron chi connectivity index (χ1n) is 5.41. The first kappa shape index (κ1) is 13.8. The van der Waals surface area contributed by atoms with Gasteiger partial charge in [-0.1, -0.05) is 26.0 Å². The minimum Gasteiger partial charge on any atom is -0.473 e. The highest BCUT2D eigenvalue weighted by Crippen LogP contribution is 2.05. The van der Waals surface area contributed by atoms with E-state index in [-0.39, 0.29) is 0 Å². The van der Waals surface area contributed by atoms with E-state index in [9.17, 15) is 0 Å². The molecule has 0 bridgehead atoms. The summed E-state index contributed by atoms with van der Waals surface area (Å²) in [6, 6.07) is 0. The molecule has 0 fully saturated rings. The third kappa shape index (κ3) is 9.07. The number of allylic oxidation sites excluding steroid dienone is 4. The highest BCUT2D eigenvalue weighted by atomic mass is 16.5. The van der Waals surface area contributed by atoms with Crippen molar-refractivity contribution in [2.75, 3.05) is 0 Å². The van der Waals surface area contributed by atoms with E-state index >= 15 is 0 Å². The molecule has 0 heterocycles. The molecule has 0 spiro atoms. The van der Waals surface area contributed by atoms with Crippen molar-refractivity contribution in [2.24, 2.45) is 11.8 Å². The van der Waals surface area contributed by atoms with E-state index in [4.69, 9.17) is 4.74 Å². The van der Waals surface area contributed by atoms with Gasteiger partial charge in [-0.2, -0.15) is 0 Å². The molecule has 0 saturated carbocycles. The Labute approximate surface area is 93.8 Å². The Bertz CT molecular complexity index is 201. The number of rotatable bonds is 8. The molecule has 0 aromatic heterocycles. The SMILES string of the molecule is C=CCC(C)C=COC=CC(C)CC=C. The van der Waals surface area contributed by atoms with E-state index in [1.807, 2.05) is 24.3 Å². The lowest BCUT2D eigenvalue weighted by Crippen LogP contribution is -1.87. The quantitative estimate of drug-likeness (QED) is 0.421. The lowest BCUT2D eigenvalue weighted by Gasteiger charge is -2.01. The standard InChI is InChI=1S/C14H22O/c1-5-7-13(3)9-11-15-12-10-14(4)8-6-2/h5-6,9-14H,1-2,7-8H2,3-4H3. The summed E-state index contributed by atoms with van der Waals surface area (Å²) in [5.74, 6) is 0.975. The largest absolute Gasteiger partial charge is 0.473 e. The van der Waals surface area contributed by atoms with Gasteiger partial charge in [-0.05, 0) is 36.8 Å². The predicted molar refractivity (Wildman–Crippen MR) is 67.3 cm³/mol. The molecule has 1 nitrogen and oxygen atoms in total. The van der Waals surface area contributed by atoms with Crippen molar-refractivity contribution in [1.29, 1.82) is 0 Å². The number of hydrogen-bond donors (Lipinski definition) is 0. The van der Waals surface area contributed by atoms with Gasteiger partial charge in [0.25, 0.3) is 0 Å². The van der Waals surface area contributed by atoms with Gasteiger partial charge >= 0.3 is 0 Å². The average Bonchev–Trinajstić information content (AvgIpc) is 2.18. The van der Waals surface area contributed by atoms with Crippen LogP contribution in [-0.4, -0.2) is 0 Å². The molecule has 0 aromatic rings. The molecule has 0 rings (SSSR count). The topological polar surface area (TPSA) is 9.23 Å². The monoisotopic (exact) mass is 206 g/mol. The number of hydrogen-bond acceptors (Lipinski definition) is 1. The summed E-state index contributed by atoms with van der Waals surface area (Å²) in [7, 11) is 0. The summed E-state index contributed by atoms with van der Waals surface area (Å²) < 4.78 is 5.24. The normalized spacial score (nSPS) is 15.3. The zero-order valence-electron chi connectivity index (χ0n) is 9.86. The summed E-state index contributed by atoms with van der Waals surface area (Å²) in [6.07, 6.45) is 13.3. The molecular weight excluding hydrogens is 184 g/mol. The van der Waals surface area contributed by atoms with Gasteiger partial charge in [-0.3, -0.25) is 0 Å². The third-order valence-corrected chi connectivity index (χ3v) is 2.05. The van der Waals surface area contributed by atoms with Gasteiger partial charge in [0.05, 0.1) is 12.5 Å². The minimum atomic E-state index is 0.487. The van der Waals surface area contributed by atoms with Crippen LogP contribution in [0.15, 0.2) is 50.0 Å². The van der Waals surface area contributed by atoms with Crippen LogP contribution in [0.25, 0.3) is 0 Å². The second-order valence-electron chi connectivity index (χ2n) is 3.80. The molecule has 0 aliphatic carbocycles. The van der Waals surface area contributed by atoms with Crippen molar-refractivity contribution in [3.05, 3.63) is 50.0 Å². The summed E-state index contributed by atoms with van der Waals surface area (Å²) in [5, 5.41) is 0. The fourth-order valence-electron chi connectivity index (χ4n) is 1.09. The van der Waals surface area contributed by atoms with Crippen LogP contribution in [0.5, 0.6) is 0 Å². The van der Waals surface area contributed by atoms with Crippen molar-refractivity contribution in [1.82, 2.24) is 0 Å². The first-order chi connectivity index (χ1) is 7.20. The van der Waals surface area contributed by atoms with Crippen LogP contribution in [0, 0.1) is 11.8 Å². The summed E-state index contributed by atoms with van der Waals surface area (Å²) >= 11 is 0. The molecule has 0 N–H and O–H groups in total. The molecule has 0 radical (unpaired) electrons. The Balaban J connectivity index is 3.67. The predicted octanol–water partition coefficient (Wildman–Crippen LogP) is 4.45. The maximum Gasteiger partial charge on any atom is 0.0864 e. The molecule has 0 aliphatic rings. The molecule has 0 saturated heterocycles. The van der Waals surface area contributed by atoms with Crippen LogP contribution in [0.1, 0.15) is 26.7 Å². The van der Waals surface area contributed by atoms with Gasteiger partial charge in [-0.15, -0.1) is 13.2 Å². The Morgan fingerprint density at radius 2 is 1.33 bits per heavy atom. The van der Waals surface area contributed by atoms with Gasteiger partial charge in [0.2, 0.25) is 0 Å². The van der Waals surface area contributed by atoms with Crippen molar-refractivity contribution in [3.63, 3.8) is 0 Å². The molecule has 2 atom stereocenters. The molecule has 0 aliphatic heterocycles. The van der Waals surface area contributed by atoms with E-state index in [1.54, 1.807) is 12.5 Å². The van der Waals surface area contributed by atoms with Crippen LogP contribution in [0.2, 0.25) is 0 Å². The third-order valence-electron chi connectivity index (χ3n) is 2.05. The van der Waals surface area contributed by atoms with E-state index in [2.05, 4.69) is 27.0 Å². The average molecular weight is 206 g/mol. The highest BCUT2D eigenvalue weighted by Gasteiger charge is 1.92. The van der Waals surface area contributed by atoms with Crippen LogP contribution >= 0.6 is 0 Å². The second-order valence-corrected chi connectivity index (χ2v) is 3.80. The van der Waals surface area contributed by atoms with Crippen LogP contribution in [-0.2, 0) is 4.74 Å². The van der Waals surface area contributed by atoms with E-state index in [0.717, 1.165) is 12.8 Å². The lowest BCUT2D eigenvalue weighted by molar-refractivity contribution is 0.392. The van der Waals surface area contributed by atoms with Crippen molar-refractivity contribution in [2.45, 2.75) is 26.7 Å². The minimum absolute atomic E-state index is 0.487. The molecule has 84 valence electrons. The van der Waals surface area contributed by atoms with Gasteiger partial charge in [0.1, 0.15) is 0 Å². The van der Waals surface area contributed by atoms with Crippen LogP contribution < -0.4 is 0 Å². The molecule has 15 heavy (non-hydrogen) atoms. The molecular formula is C14H22O. The van der Waals surface area contributed by atoms with Gasteiger partial charge in [-0.25, -0.2) is 0 Å². The first-order valence-corrected chi connectivity index (χ1v) is 5.41. The maximum atomic E-state index is 5.24. The van der Waals surface area contributed by atoms with Crippen molar-refractivity contribution >= 4 is 0 Å². The Hall–Kier alpha value is -1.24. The molecule has 1 heteroatoms. The van der Waals surface area contributed by atoms with Crippen molar-refractivity contribution < 1.29 is 4.74 Å². The Morgan fingerprint density at radius 1 is 0.933 bits per heavy atom. The van der Waals surface area contributed by atoms with E-state index in [0.29, 0.717) is 11.8 Å². The lowest BCUT2D eigenvalue weighted by atomic mass is 10.1. The summed E-state index contributed by atoms with van der Waals surface area (Å²) in [4.78, 5) is 0. The Kier molecular flexibility index (Phi) is 8.55. The second kappa shape index (κ2) is 9.32. The fraction of sp³-hybridized carbons (Fsp3) is 0.429. The maximum absolute atomic E-state index is 5.24. The van der Waals surface area contributed by atoms with Crippen LogP contribution in [0.4, 0.5) is 0 Å². The van der Waals surface area contributed by atoms with E-state index in [1.165, 1.54) is 0 Å². The Morgan fingerprint density at radius 3 is 1.67 bits per heavy atom. The van der Waals surface area contributed by atoms with Gasteiger partial charge in [0, 0.05) is 0 Å². The molecule has 0 amide bonds. The van der Waals surface area contributed by atoms with Crippen LogP contribution in [0.3, 0.4) is 0 Å². The smallest absolute Gasteiger partial charge is 0.0864 e. The van der Waals surface area contributed by atoms with Gasteiger partial charge in [0.15, 0.2) is 0 Å². The zero-order chi connectivity index (χ0) is 11.5. The number of ether oxygens (including phenoxy) is 1. The van der Waals surface area contributed by atoms with E-state index < -0.39 is 0 Å². The van der Waals surface area contributed by atoms with Gasteiger partial charge < -0.3 is 4.74 Å². The summed E-state index contributed by atoms with van der Waals surface area (Å²) in [5.41, 5.74) is 0. The molecule has 0 aromatic carbocycles. The summed E-state index contributed by atoms with van der Waals surface area (Å²) in [6.45, 7) is 11.6.